The number of carbonyl (C=O) groups is 1. The third kappa shape index (κ3) is 3.14. The molecule has 1 fully saturated rings. The van der Waals surface area contributed by atoms with Gasteiger partial charge in [-0.25, -0.2) is 4.98 Å². The molecule has 112 valence electrons. The first-order chi connectivity index (χ1) is 10.1. The lowest BCUT2D eigenvalue weighted by Crippen LogP contribution is -2.45. The second-order valence-electron chi connectivity index (χ2n) is 5.46. The molecular weight excluding hydrogens is 288 g/mol. The maximum atomic E-state index is 12.2. The Morgan fingerprint density at radius 1 is 1.48 bits per heavy atom. The third-order valence-electron chi connectivity index (χ3n) is 3.85. The number of piperidine rings is 1. The Hall–Kier alpha value is -1.73. The molecule has 0 aromatic carbocycles. The van der Waals surface area contributed by atoms with Gasteiger partial charge in [0.1, 0.15) is 11.4 Å². The van der Waals surface area contributed by atoms with Crippen molar-refractivity contribution in [2.45, 2.75) is 25.4 Å². The number of nitrogens with one attached hydrogen (secondary N) is 1. The number of hydrogen-bond acceptors (Lipinski definition) is 5. The van der Waals surface area contributed by atoms with E-state index in [1.165, 1.54) is 22.2 Å². The zero-order valence-corrected chi connectivity index (χ0v) is 12.7. The van der Waals surface area contributed by atoms with Crippen LogP contribution in [0.15, 0.2) is 22.6 Å². The minimum absolute atomic E-state index is 0.0317. The maximum Gasteiger partial charge on any atom is 0.262 e. The van der Waals surface area contributed by atoms with Crippen LogP contribution < -0.4 is 10.9 Å². The van der Waals surface area contributed by atoms with Crippen LogP contribution in [0.3, 0.4) is 0 Å². The van der Waals surface area contributed by atoms with Crippen molar-refractivity contribution in [1.82, 2.24) is 19.8 Å². The van der Waals surface area contributed by atoms with Gasteiger partial charge in [0.05, 0.1) is 11.7 Å². The first kappa shape index (κ1) is 14.2. The van der Waals surface area contributed by atoms with Crippen LogP contribution in [-0.2, 0) is 11.3 Å². The van der Waals surface area contributed by atoms with Gasteiger partial charge in [-0.3, -0.25) is 14.2 Å². The normalized spacial score (nSPS) is 17.2. The summed E-state index contributed by atoms with van der Waals surface area (Å²) in [7, 11) is 2.08. The average molecular weight is 306 g/mol. The summed E-state index contributed by atoms with van der Waals surface area (Å²) >= 11 is 1.43. The van der Waals surface area contributed by atoms with E-state index >= 15 is 0 Å². The number of amides is 1. The number of rotatable bonds is 3. The van der Waals surface area contributed by atoms with E-state index in [-0.39, 0.29) is 24.1 Å². The number of aromatic nitrogens is 2. The van der Waals surface area contributed by atoms with Crippen LogP contribution in [-0.4, -0.2) is 46.5 Å². The molecule has 3 heterocycles. The zero-order chi connectivity index (χ0) is 14.8. The van der Waals surface area contributed by atoms with Crippen molar-refractivity contribution >= 4 is 27.5 Å². The number of fused-ring (bicyclic) bond motifs is 1. The molecule has 1 amide bonds. The van der Waals surface area contributed by atoms with Crippen molar-refractivity contribution in [3.8, 4) is 0 Å². The molecule has 6 nitrogen and oxygen atoms in total. The van der Waals surface area contributed by atoms with Gasteiger partial charge in [0.2, 0.25) is 5.91 Å². The molecule has 1 N–H and O–H groups in total. The van der Waals surface area contributed by atoms with Crippen molar-refractivity contribution in [3.05, 3.63) is 28.1 Å². The highest BCUT2D eigenvalue weighted by Crippen LogP contribution is 2.13. The summed E-state index contributed by atoms with van der Waals surface area (Å²) in [6, 6.07) is 1.96. The number of thiophene rings is 1. The lowest BCUT2D eigenvalue weighted by atomic mass is 10.1. The second kappa shape index (κ2) is 5.95. The SMILES string of the molecule is CN1CCC(NC(=O)Cn2cnc3sccc3c2=O)CC1. The van der Waals surface area contributed by atoms with Gasteiger partial charge in [-0.05, 0) is 44.4 Å². The molecule has 0 unspecified atom stereocenters. The van der Waals surface area contributed by atoms with Gasteiger partial charge in [0.15, 0.2) is 0 Å². The Morgan fingerprint density at radius 3 is 3.00 bits per heavy atom. The van der Waals surface area contributed by atoms with Crippen LogP contribution in [0.2, 0.25) is 0 Å². The fourth-order valence-corrected chi connectivity index (χ4v) is 3.31. The van der Waals surface area contributed by atoms with Gasteiger partial charge in [-0.2, -0.15) is 0 Å². The smallest absolute Gasteiger partial charge is 0.262 e. The largest absolute Gasteiger partial charge is 0.352 e. The summed E-state index contributed by atoms with van der Waals surface area (Å²) in [6.45, 7) is 2.02. The first-order valence-electron chi connectivity index (χ1n) is 7.04. The van der Waals surface area contributed by atoms with E-state index in [9.17, 15) is 9.59 Å². The number of carbonyl (C=O) groups excluding carboxylic acids is 1. The molecule has 0 spiro atoms. The number of hydrogen-bond donors (Lipinski definition) is 1. The third-order valence-corrected chi connectivity index (χ3v) is 4.67. The molecule has 1 saturated heterocycles. The highest BCUT2D eigenvalue weighted by atomic mass is 32.1. The summed E-state index contributed by atoms with van der Waals surface area (Å²) in [5.74, 6) is -0.122. The molecule has 21 heavy (non-hydrogen) atoms. The molecular formula is C14H18N4O2S. The molecule has 0 bridgehead atoms. The maximum absolute atomic E-state index is 12.2. The monoisotopic (exact) mass is 306 g/mol. The van der Waals surface area contributed by atoms with Gasteiger partial charge < -0.3 is 10.2 Å². The van der Waals surface area contributed by atoms with E-state index in [4.69, 9.17) is 0 Å². The molecule has 1 aliphatic heterocycles. The van der Waals surface area contributed by atoms with Gasteiger partial charge in [-0.1, -0.05) is 0 Å². The highest BCUT2D eigenvalue weighted by Gasteiger charge is 2.18. The van der Waals surface area contributed by atoms with Crippen LogP contribution in [0.1, 0.15) is 12.8 Å². The zero-order valence-electron chi connectivity index (χ0n) is 11.9. The van der Waals surface area contributed by atoms with Crippen molar-refractivity contribution in [1.29, 1.82) is 0 Å². The van der Waals surface area contributed by atoms with E-state index < -0.39 is 0 Å². The van der Waals surface area contributed by atoms with E-state index in [0.717, 1.165) is 25.9 Å². The Kier molecular flexibility index (Phi) is 4.03. The standard InChI is InChI=1S/C14H18N4O2S/c1-17-5-2-10(3-6-17)16-12(19)8-18-9-15-13-11(14(18)20)4-7-21-13/h4,7,9-10H,2-3,5-6,8H2,1H3,(H,16,19). The molecule has 0 radical (unpaired) electrons. The van der Waals surface area contributed by atoms with Gasteiger partial charge in [0.25, 0.3) is 5.56 Å². The summed E-state index contributed by atoms with van der Waals surface area (Å²) in [5, 5.41) is 5.42. The molecule has 2 aromatic heterocycles. The number of nitrogens with zero attached hydrogens (tertiary/aromatic N) is 3. The highest BCUT2D eigenvalue weighted by molar-refractivity contribution is 7.16. The fourth-order valence-electron chi connectivity index (χ4n) is 2.59. The predicted molar refractivity (Wildman–Crippen MR) is 82.5 cm³/mol. The Morgan fingerprint density at radius 2 is 2.24 bits per heavy atom. The number of likely N-dealkylation sites (tertiary alicyclic amines) is 1. The van der Waals surface area contributed by atoms with Crippen LogP contribution in [0.5, 0.6) is 0 Å². The second-order valence-corrected chi connectivity index (χ2v) is 6.36. The lowest BCUT2D eigenvalue weighted by molar-refractivity contribution is -0.122. The predicted octanol–water partition coefficient (Wildman–Crippen LogP) is 0.668. The quantitative estimate of drug-likeness (QED) is 0.905. The average Bonchev–Trinajstić information content (AvgIpc) is 2.94. The minimum Gasteiger partial charge on any atom is -0.352 e. The van der Waals surface area contributed by atoms with E-state index in [2.05, 4.69) is 22.2 Å². The van der Waals surface area contributed by atoms with E-state index in [0.29, 0.717) is 10.2 Å². The first-order valence-corrected chi connectivity index (χ1v) is 7.92. The molecule has 2 aromatic rings. The van der Waals surface area contributed by atoms with E-state index in [1.807, 2.05) is 5.38 Å². The van der Waals surface area contributed by atoms with Crippen LogP contribution >= 0.6 is 11.3 Å². The fraction of sp³-hybridized carbons (Fsp3) is 0.500. The van der Waals surface area contributed by atoms with Crippen molar-refractivity contribution in [2.75, 3.05) is 20.1 Å². The summed E-state index contributed by atoms with van der Waals surface area (Å²) in [4.78, 5) is 31.5. The van der Waals surface area contributed by atoms with Crippen molar-refractivity contribution < 1.29 is 4.79 Å². The van der Waals surface area contributed by atoms with Crippen LogP contribution in [0.25, 0.3) is 10.2 Å². The van der Waals surface area contributed by atoms with Crippen LogP contribution in [0.4, 0.5) is 0 Å². The Labute approximate surface area is 126 Å². The lowest BCUT2D eigenvalue weighted by Gasteiger charge is -2.29. The van der Waals surface area contributed by atoms with E-state index in [1.54, 1.807) is 6.07 Å². The van der Waals surface area contributed by atoms with Crippen molar-refractivity contribution in [2.24, 2.45) is 0 Å². The minimum atomic E-state index is -0.153. The van der Waals surface area contributed by atoms with Gasteiger partial charge in [-0.15, -0.1) is 11.3 Å². The molecule has 0 atom stereocenters. The van der Waals surface area contributed by atoms with Gasteiger partial charge >= 0.3 is 0 Å². The van der Waals surface area contributed by atoms with Crippen LogP contribution in [0, 0.1) is 0 Å². The topological polar surface area (TPSA) is 67.2 Å². The molecule has 7 heteroatoms. The summed E-state index contributed by atoms with van der Waals surface area (Å²) in [5.41, 5.74) is -0.153. The molecule has 3 rings (SSSR count). The Bertz CT molecular complexity index is 700. The summed E-state index contributed by atoms with van der Waals surface area (Å²) in [6.07, 6.45) is 3.37. The van der Waals surface area contributed by atoms with Crippen molar-refractivity contribution in [3.63, 3.8) is 0 Å². The van der Waals surface area contributed by atoms with Gasteiger partial charge in [0, 0.05) is 6.04 Å². The molecule has 0 saturated carbocycles. The Balaban J connectivity index is 1.66. The summed E-state index contributed by atoms with van der Waals surface area (Å²) < 4.78 is 1.37. The molecule has 0 aliphatic carbocycles. The molecule has 1 aliphatic rings.